The summed E-state index contributed by atoms with van der Waals surface area (Å²) in [6.45, 7) is 6.63. The number of hydrogen-bond acceptors (Lipinski definition) is 6. The molecule has 0 radical (unpaired) electrons. The maximum absolute atomic E-state index is 10.7. The molecule has 2 rings (SSSR count). The number of aliphatic hydroxyl groups excluding tert-OH is 1. The van der Waals surface area contributed by atoms with Crippen LogP contribution >= 0.6 is 11.8 Å². The molecule has 1 aliphatic carbocycles. The normalized spacial score (nSPS) is 23.8. The van der Waals surface area contributed by atoms with Crippen LogP contribution in [-0.2, 0) is 16.1 Å². The van der Waals surface area contributed by atoms with E-state index in [1.165, 1.54) is 0 Å². The van der Waals surface area contributed by atoms with Gasteiger partial charge in [0.15, 0.2) is 11.0 Å². The average molecular weight is 315 g/mol. The Hall–Kier alpha value is -1.12. The summed E-state index contributed by atoms with van der Waals surface area (Å²) >= 11 is 1.12. The number of nitrogens with zero attached hydrogens (tertiary/aromatic N) is 3. The quantitative estimate of drug-likeness (QED) is 0.732. The van der Waals surface area contributed by atoms with Gasteiger partial charge in [-0.25, -0.2) is 0 Å². The number of aliphatic carboxylic acids is 1. The zero-order valence-electron chi connectivity index (χ0n) is 12.4. The number of carboxylic acids is 1. The third-order valence-electron chi connectivity index (χ3n) is 4.01. The number of thioether (sulfide) groups is 1. The highest BCUT2D eigenvalue weighted by molar-refractivity contribution is 7.99. The molecule has 0 aromatic carbocycles. The van der Waals surface area contributed by atoms with Crippen LogP contribution in [0.4, 0.5) is 0 Å². The highest BCUT2D eigenvalue weighted by atomic mass is 32.2. The van der Waals surface area contributed by atoms with Gasteiger partial charge in [-0.1, -0.05) is 25.6 Å². The van der Waals surface area contributed by atoms with Gasteiger partial charge in [-0.05, 0) is 13.3 Å². The van der Waals surface area contributed by atoms with E-state index in [1.807, 2.05) is 11.5 Å². The summed E-state index contributed by atoms with van der Waals surface area (Å²) in [5.74, 6) is -0.512. The molecule has 0 bridgehead atoms. The Morgan fingerprint density at radius 1 is 1.52 bits per heavy atom. The number of ether oxygens (including phenoxy) is 1. The maximum Gasteiger partial charge on any atom is 0.313 e. The minimum absolute atomic E-state index is 0.0778. The molecule has 0 aliphatic heterocycles. The van der Waals surface area contributed by atoms with E-state index in [1.54, 1.807) is 0 Å². The molecule has 2 N–H and O–H groups in total. The van der Waals surface area contributed by atoms with Crippen LogP contribution in [0.2, 0.25) is 0 Å². The number of aromatic nitrogens is 3. The Morgan fingerprint density at radius 3 is 2.76 bits per heavy atom. The maximum atomic E-state index is 10.7. The molecule has 1 aromatic rings. The minimum atomic E-state index is -0.903. The van der Waals surface area contributed by atoms with Crippen molar-refractivity contribution in [2.45, 2.75) is 51.1 Å². The van der Waals surface area contributed by atoms with Gasteiger partial charge in [-0.2, -0.15) is 0 Å². The van der Waals surface area contributed by atoms with Crippen molar-refractivity contribution in [3.8, 4) is 0 Å². The van der Waals surface area contributed by atoms with E-state index in [-0.39, 0.29) is 29.9 Å². The lowest BCUT2D eigenvalue weighted by Crippen LogP contribution is -2.52. The van der Waals surface area contributed by atoms with Crippen LogP contribution in [0, 0.1) is 5.41 Å². The summed E-state index contributed by atoms with van der Waals surface area (Å²) in [5.41, 5.74) is -0.110. The average Bonchev–Trinajstić information content (AvgIpc) is 2.83. The predicted octanol–water partition coefficient (Wildman–Crippen LogP) is 1.32. The lowest BCUT2D eigenvalue weighted by molar-refractivity contribution is -0.134. The second kappa shape index (κ2) is 6.33. The standard InChI is InChI=1S/C13H21N3O4S/c1-4-20-9-5-8(13(9,2)3)16-10(6-17)14-15-12(16)21-7-11(18)19/h8-9,17H,4-7H2,1-3H3,(H,18,19). The van der Waals surface area contributed by atoms with Gasteiger partial charge in [0, 0.05) is 18.1 Å². The molecule has 1 aliphatic rings. The van der Waals surface area contributed by atoms with Crippen LogP contribution in [0.5, 0.6) is 0 Å². The highest BCUT2D eigenvalue weighted by Crippen LogP contribution is 2.52. The fourth-order valence-corrected chi connectivity index (χ4v) is 3.46. The van der Waals surface area contributed by atoms with Crippen molar-refractivity contribution in [3.63, 3.8) is 0 Å². The van der Waals surface area contributed by atoms with Crippen LogP contribution < -0.4 is 0 Å². The van der Waals surface area contributed by atoms with Crippen molar-refractivity contribution < 1.29 is 19.7 Å². The SMILES string of the molecule is CCOC1CC(n2c(CO)nnc2SCC(=O)O)C1(C)C. The molecule has 21 heavy (non-hydrogen) atoms. The van der Waals surface area contributed by atoms with Crippen molar-refractivity contribution in [2.24, 2.45) is 5.41 Å². The molecule has 0 spiro atoms. The fraction of sp³-hybridized carbons (Fsp3) is 0.769. The molecule has 1 fully saturated rings. The van der Waals surface area contributed by atoms with Crippen molar-refractivity contribution >= 4 is 17.7 Å². The van der Waals surface area contributed by atoms with Crippen LogP contribution in [-0.4, -0.2) is 49.4 Å². The van der Waals surface area contributed by atoms with Gasteiger partial charge in [0.25, 0.3) is 0 Å². The van der Waals surface area contributed by atoms with Gasteiger partial charge < -0.3 is 19.5 Å². The predicted molar refractivity (Wildman–Crippen MR) is 77.2 cm³/mol. The van der Waals surface area contributed by atoms with Crippen molar-refractivity contribution in [3.05, 3.63) is 5.82 Å². The Bertz CT molecular complexity index is 518. The second-order valence-corrected chi connectivity index (χ2v) is 6.57. The second-order valence-electron chi connectivity index (χ2n) is 5.63. The third-order valence-corrected chi connectivity index (χ3v) is 4.93. The molecule has 0 amide bonds. The molecule has 2 unspecified atom stereocenters. The first kappa shape index (κ1) is 16.3. The highest BCUT2D eigenvalue weighted by Gasteiger charge is 2.51. The number of carbonyl (C=O) groups is 1. The van der Waals surface area contributed by atoms with Gasteiger partial charge in [-0.15, -0.1) is 10.2 Å². The number of hydrogen-bond donors (Lipinski definition) is 2. The molecule has 2 atom stereocenters. The van der Waals surface area contributed by atoms with Crippen molar-refractivity contribution in [1.82, 2.24) is 14.8 Å². The topological polar surface area (TPSA) is 97.5 Å². The van der Waals surface area contributed by atoms with E-state index in [4.69, 9.17) is 9.84 Å². The van der Waals surface area contributed by atoms with Gasteiger partial charge in [0.1, 0.15) is 6.61 Å². The largest absolute Gasteiger partial charge is 0.481 e. The van der Waals surface area contributed by atoms with Crippen molar-refractivity contribution in [2.75, 3.05) is 12.4 Å². The summed E-state index contributed by atoms with van der Waals surface area (Å²) < 4.78 is 7.58. The van der Waals surface area contributed by atoms with Gasteiger partial charge in [0.05, 0.1) is 11.9 Å². The smallest absolute Gasteiger partial charge is 0.313 e. The molecular formula is C13H21N3O4S. The molecule has 7 nitrogen and oxygen atoms in total. The molecular weight excluding hydrogens is 294 g/mol. The van der Waals surface area contributed by atoms with E-state index in [0.717, 1.165) is 18.2 Å². The first-order valence-electron chi connectivity index (χ1n) is 6.92. The summed E-state index contributed by atoms with van der Waals surface area (Å²) in [6.07, 6.45) is 0.964. The Morgan fingerprint density at radius 2 is 2.24 bits per heavy atom. The van der Waals surface area contributed by atoms with Crippen molar-refractivity contribution in [1.29, 1.82) is 0 Å². The fourth-order valence-electron chi connectivity index (χ4n) is 2.74. The molecule has 8 heteroatoms. The van der Waals surface area contributed by atoms with Gasteiger partial charge in [-0.3, -0.25) is 4.79 Å². The number of rotatable bonds is 7. The van der Waals surface area contributed by atoms with E-state index < -0.39 is 5.97 Å². The zero-order valence-corrected chi connectivity index (χ0v) is 13.3. The van der Waals surface area contributed by atoms with Crippen LogP contribution in [0.15, 0.2) is 5.16 Å². The molecule has 1 aromatic heterocycles. The van der Waals surface area contributed by atoms with E-state index in [9.17, 15) is 9.90 Å². The first-order valence-corrected chi connectivity index (χ1v) is 7.91. The van der Waals surface area contributed by atoms with Crippen LogP contribution in [0.3, 0.4) is 0 Å². The molecule has 0 saturated heterocycles. The van der Waals surface area contributed by atoms with Crippen LogP contribution in [0.1, 0.15) is 39.1 Å². The lowest BCUT2D eigenvalue weighted by Gasteiger charge is -2.52. The van der Waals surface area contributed by atoms with E-state index in [2.05, 4.69) is 24.0 Å². The Labute approximate surface area is 127 Å². The summed E-state index contributed by atoms with van der Waals surface area (Å²) in [5, 5.41) is 26.8. The first-order chi connectivity index (χ1) is 9.91. The summed E-state index contributed by atoms with van der Waals surface area (Å²) in [7, 11) is 0. The third kappa shape index (κ3) is 3.07. The van der Waals surface area contributed by atoms with Gasteiger partial charge >= 0.3 is 5.97 Å². The Kier molecular flexibility index (Phi) is 4.90. The summed E-state index contributed by atoms with van der Waals surface area (Å²) in [6, 6.07) is 0.0995. The minimum Gasteiger partial charge on any atom is -0.481 e. The van der Waals surface area contributed by atoms with E-state index in [0.29, 0.717) is 17.6 Å². The number of carboxylic acid groups (broad SMARTS) is 1. The monoisotopic (exact) mass is 315 g/mol. The lowest BCUT2D eigenvalue weighted by atomic mass is 9.64. The van der Waals surface area contributed by atoms with Gasteiger partial charge in [0.2, 0.25) is 0 Å². The van der Waals surface area contributed by atoms with Crippen LogP contribution in [0.25, 0.3) is 0 Å². The van der Waals surface area contributed by atoms with E-state index >= 15 is 0 Å². The number of aliphatic hydroxyl groups is 1. The Balaban J connectivity index is 2.22. The molecule has 1 saturated carbocycles. The zero-order chi connectivity index (χ0) is 15.6. The molecule has 118 valence electrons. The summed E-state index contributed by atoms with van der Waals surface area (Å²) in [4.78, 5) is 10.7. The molecule has 1 heterocycles.